The van der Waals surface area contributed by atoms with Gasteiger partial charge in [-0.15, -0.1) is 0 Å². The molecule has 1 aromatic heterocycles. The molecule has 0 unspecified atom stereocenters. The fraction of sp³-hybridized carbons (Fsp3) is 0.0769. The van der Waals surface area contributed by atoms with E-state index in [2.05, 4.69) is 14.9 Å². The lowest BCUT2D eigenvalue weighted by molar-refractivity contribution is 0.314. The van der Waals surface area contributed by atoms with Crippen LogP contribution >= 0.6 is 0 Å². The largest absolute Gasteiger partial charge is 0.497 e. The lowest BCUT2D eigenvalue weighted by atomic mass is 10.2. The van der Waals surface area contributed by atoms with Gasteiger partial charge in [-0.2, -0.15) is 0 Å². The van der Waals surface area contributed by atoms with Crippen molar-refractivity contribution in [3.05, 3.63) is 36.4 Å². The minimum atomic E-state index is 0.486. The smallest absolute Gasteiger partial charge is 0.179 e. The van der Waals surface area contributed by atoms with Crippen molar-refractivity contribution in [2.45, 2.75) is 0 Å². The summed E-state index contributed by atoms with van der Waals surface area (Å²) in [5, 5.41) is 7.53. The molecular weight excluding hydrogens is 246 g/mol. The summed E-state index contributed by atoms with van der Waals surface area (Å²) in [6.45, 7) is 0. The first-order chi connectivity index (χ1) is 9.28. The Balaban J connectivity index is 2.01. The van der Waals surface area contributed by atoms with Gasteiger partial charge in [-0.1, -0.05) is 6.07 Å². The van der Waals surface area contributed by atoms with Crippen LogP contribution < -0.4 is 15.2 Å². The Bertz CT molecular complexity index is 724. The number of aromatic nitrogens is 2. The molecule has 6 heteroatoms. The number of hydrogen-bond acceptors (Lipinski definition) is 6. The average Bonchev–Trinajstić information content (AvgIpc) is 2.93. The topological polar surface area (TPSA) is 83.4 Å². The van der Waals surface area contributed by atoms with E-state index in [4.69, 9.17) is 15.2 Å². The molecule has 0 saturated heterocycles. The molecule has 3 rings (SSSR count). The molecule has 0 spiro atoms. The Morgan fingerprint density at radius 1 is 1.05 bits per heavy atom. The molecule has 0 atom stereocenters. The van der Waals surface area contributed by atoms with Crippen LogP contribution in [0.1, 0.15) is 0 Å². The summed E-state index contributed by atoms with van der Waals surface area (Å²) in [5.41, 5.74) is 7.24. The van der Waals surface area contributed by atoms with Gasteiger partial charge < -0.3 is 15.2 Å². The number of rotatable bonds is 3. The number of anilines is 1. The Kier molecular flexibility index (Phi) is 2.68. The van der Waals surface area contributed by atoms with Crippen molar-refractivity contribution in [2.24, 2.45) is 0 Å². The Hall–Kier alpha value is -2.76. The number of nitrogens with zero attached hydrogens (tertiary/aromatic N) is 2. The second-order valence-electron chi connectivity index (χ2n) is 3.90. The van der Waals surface area contributed by atoms with Gasteiger partial charge in [-0.25, -0.2) is 4.63 Å². The first-order valence-electron chi connectivity index (χ1n) is 5.60. The van der Waals surface area contributed by atoms with Crippen LogP contribution in [0.3, 0.4) is 0 Å². The molecule has 1 heterocycles. The van der Waals surface area contributed by atoms with E-state index in [1.165, 1.54) is 0 Å². The molecule has 6 nitrogen and oxygen atoms in total. The van der Waals surface area contributed by atoms with Crippen LogP contribution in [0.5, 0.6) is 17.2 Å². The molecule has 0 aliphatic carbocycles. The van der Waals surface area contributed by atoms with Gasteiger partial charge in [0.05, 0.1) is 12.8 Å². The molecule has 3 aromatic rings. The predicted octanol–water partition coefficient (Wildman–Crippen LogP) is 2.61. The third kappa shape index (κ3) is 2.03. The monoisotopic (exact) mass is 257 g/mol. The second-order valence-corrected chi connectivity index (χ2v) is 3.90. The third-order valence-corrected chi connectivity index (χ3v) is 2.68. The van der Waals surface area contributed by atoms with Gasteiger partial charge in [0.25, 0.3) is 0 Å². The molecule has 0 fully saturated rings. The Morgan fingerprint density at radius 2 is 1.84 bits per heavy atom. The first kappa shape index (κ1) is 11.3. The number of hydrogen-bond donors (Lipinski definition) is 1. The molecule has 0 saturated carbocycles. The van der Waals surface area contributed by atoms with Crippen molar-refractivity contribution in [3.8, 4) is 17.2 Å². The minimum absolute atomic E-state index is 0.486. The van der Waals surface area contributed by atoms with Crippen LogP contribution in [0.15, 0.2) is 41.0 Å². The minimum Gasteiger partial charge on any atom is -0.497 e. The highest BCUT2D eigenvalue weighted by Gasteiger charge is 2.12. The van der Waals surface area contributed by atoms with Crippen molar-refractivity contribution < 1.29 is 14.1 Å². The third-order valence-electron chi connectivity index (χ3n) is 2.68. The molecule has 0 radical (unpaired) electrons. The van der Waals surface area contributed by atoms with Crippen molar-refractivity contribution in [1.82, 2.24) is 10.3 Å². The molecule has 19 heavy (non-hydrogen) atoms. The average molecular weight is 257 g/mol. The standard InChI is InChI=1S/C13H11N3O3/c1-17-8-3-2-4-9(7-8)18-11-6-5-10(14)12-13(11)16-19-15-12/h2-7H,14H2,1H3. The SMILES string of the molecule is COc1cccc(Oc2ccc(N)c3nonc23)c1. The highest BCUT2D eigenvalue weighted by Crippen LogP contribution is 2.32. The molecule has 0 bridgehead atoms. The fourth-order valence-corrected chi connectivity index (χ4v) is 1.74. The van der Waals surface area contributed by atoms with Gasteiger partial charge in [-0.3, -0.25) is 0 Å². The van der Waals surface area contributed by atoms with Gasteiger partial charge in [0.15, 0.2) is 16.8 Å². The molecule has 0 amide bonds. The molecule has 0 aliphatic heterocycles. The van der Waals surface area contributed by atoms with Crippen molar-refractivity contribution in [1.29, 1.82) is 0 Å². The maximum atomic E-state index is 5.77. The van der Waals surface area contributed by atoms with Crippen LogP contribution in [-0.2, 0) is 0 Å². The summed E-state index contributed by atoms with van der Waals surface area (Å²) in [6.07, 6.45) is 0. The van der Waals surface area contributed by atoms with E-state index in [0.717, 1.165) is 0 Å². The summed E-state index contributed by atoms with van der Waals surface area (Å²) in [7, 11) is 1.60. The molecule has 2 N–H and O–H groups in total. The van der Waals surface area contributed by atoms with Gasteiger partial charge in [0, 0.05) is 6.07 Å². The second kappa shape index (κ2) is 4.49. The maximum absolute atomic E-state index is 5.77. The van der Waals surface area contributed by atoms with E-state index in [0.29, 0.717) is 34.0 Å². The normalized spacial score (nSPS) is 10.6. The van der Waals surface area contributed by atoms with Crippen LogP contribution in [0.25, 0.3) is 11.0 Å². The zero-order valence-corrected chi connectivity index (χ0v) is 10.2. The van der Waals surface area contributed by atoms with Crippen molar-refractivity contribution in [3.63, 3.8) is 0 Å². The highest BCUT2D eigenvalue weighted by atomic mass is 16.6. The van der Waals surface area contributed by atoms with E-state index in [-0.39, 0.29) is 0 Å². The molecule has 2 aromatic carbocycles. The van der Waals surface area contributed by atoms with Crippen LogP contribution in [-0.4, -0.2) is 17.4 Å². The Labute approximate surface area is 108 Å². The maximum Gasteiger partial charge on any atom is 0.179 e. The lowest BCUT2D eigenvalue weighted by Crippen LogP contribution is -1.91. The molecular formula is C13H11N3O3. The zero-order chi connectivity index (χ0) is 13.2. The lowest BCUT2D eigenvalue weighted by Gasteiger charge is -2.07. The predicted molar refractivity (Wildman–Crippen MR) is 69.3 cm³/mol. The number of ether oxygens (including phenoxy) is 2. The number of methoxy groups -OCH3 is 1. The van der Waals surface area contributed by atoms with Crippen molar-refractivity contribution in [2.75, 3.05) is 12.8 Å². The number of nitrogens with two attached hydrogens (primary N) is 1. The summed E-state index contributed by atoms with van der Waals surface area (Å²) < 4.78 is 15.6. The van der Waals surface area contributed by atoms with E-state index < -0.39 is 0 Å². The quantitative estimate of drug-likeness (QED) is 0.726. The van der Waals surface area contributed by atoms with E-state index in [1.54, 1.807) is 25.3 Å². The fourth-order valence-electron chi connectivity index (χ4n) is 1.74. The molecule has 0 aliphatic rings. The van der Waals surface area contributed by atoms with E-state index in [1.807, 2.05) is 18.2 Å². The first-order valence-corrected chi connectivity index (χ1v) is 5.60. The number of benzene rings is 2. The summed E-state index contributed by atoms with van der Waals surface area (Å²) in [5.74, 6) is 1.87. The zero-order valence-electron chi connectivity index (χ0n) is 10.2. The highest BCUT2D eigenvalue weighted by molar-refractivity contribution is 5.90. The number of fused-ring (bicyclic) bond motifs is 1. The number of nitrogen functional groups attached to an aromatic ring is 1. The summed E-state index contributed by atoms with van der Waals surface area (Å²) in [4.78, 5) is 0. The van der Waals surface area contributed by atoms with Gasteiger partial charge in [0.2, 0.25) is 0 Å². The van der Waals surface area contributed by atoms with Crippen LogP contribution in [0.2, 0.25) is 0 Å². The van der Waals surface area contributed by atoms with Crippen molar-refractivity contribution >= 4 is 16.7 Å². The molecule has 96 valence electrons. The van der Waals surface area contributed by atoms with Gasteiger partial charge in [0.1, 0.15) is 11.5 Å². The van der Waals surface area contributed by atoms with Gasteiger partial charge >= 0.3 is 0 Å². The van der Waals surface area contributed by atoms with E-state index in [9.17, 15) is 0 Å². The van der Waals surface area contributed by atoms with E-state index >= 15 is 0 Å². The van der Waals surface area contributed by atoms with Gasteiger partial charge in [-0.05, 0) is 34.6 Å². The Morgan fingerprint density at radius 3 is 2.68 bits per heavy atom. The van der Waals surface area contributed by atoms with Crippen LogP contribution in [0, 0.1) is 0 Å². The van der Waals surface area contributed by atoms with Crippen LogP contribution in [0.4, 0.5) is 5.69 Å². The summed E-state index contributed by atoms with van der Waals surface area (Å²) >= 11 is 0. The summed E-state index contributed by atoms with van der Waals surface area (Å²) in [6, 6.07) is 10.7.